The Balaban J connectivity index is 0. The number of phenols is 1. The molecule has 4 heteroatoms. The lowest BCUT2D eigenvalue weighted by Gasteiger charge is -2.16. The van der Waals surface area contributed by atoms with Crippen molar-refractivity contribution in [1.82, 2.24) is 10.6 Å². The van der Waals surface area contributed by atoms with Gasteiger partial charge in [0, 0.05) is 37.0 Å². The zero-order valence-electron chi connectivity index (χ0n) is 28.1. The third-order valence-electron chi connectivity index (χ3n) is 6.47. The maximum absolute atomic E-state index is 10.6. The van der Waals surface area contributed by atoms with Gasteiger partial charge in [0.05, 0.1) is 0 Å². The molecule has 0 aromatic heterocycles. The maximum Gasteiger partial charge on any atom is 0.130 e. The summed E-state index contributed by atoms with van der Waals surface area (Å²) in [7, 11) is 1.89. The topological polar surface area (TPSA) is 61.4 Å². The normalized spacial score (nSPS) is 10.6. The monoisotopic (exact) mass is 576 g/mol. The highest BCUT2D eigenvalue weighted by atomic mass is 16.3. The molecule has 0 saturated heterocycles. The first-order chi connectivity index (χ1) is 20.1. The van der Waals surface area contributed by atoms with E-state index in [4.69, 9.17) is 0 Å². The third-order valence-corrected chi connectivity index (χ3v) is 6.47. The van der Waals surface area contributed by atoms with Crippen molar-refractivity contribution in [2.45, 2.75) is 93.9 Å². The standard InChI is InChI=1S/C19H29NO.C10H12O.C7H13N.C2H6/c1-5-7-10-17(6-2)14-20-16(4)13-15(3)18-11-8-9-12-19(18)21;1-9(11)7-8-10-5-3-2-4-6-10;1-5-7(8-4)6(2)3;1-2/h8-9,11-13,17,20-21H,3,5-7,10,14H2,1-2,4H3;2-6H,7-8H2,1H3;5,8H,1H2,2-4H3;1-2H3/b16-13+;;;. The number of Topliss-reactive ketones (excluding diaryl/α,β-unsaturated/α-hetero) is 1. The number of allylic oxidation sites excluding steroid dienone is 5. The SMILES string of the molecule is C=C(/C=C(\C)NCC(CC)CCCC)c1ccccc1O.C=CC(NC)=C(C)C.CC.CC(=O)CCc1ccccc1. The minimum Gasteiger partial charge on any atom is -0.507 e. The third kappa shape index (κ3) is 20.4. The fourth-order valence-corrected chi connectivity index (χ4v) is 3.91. The first-order valence-electron chi connectivity index (χ1n) is 15.5. The summed E-state index contributed by atoms with van der Waals surface area (Å²) in [5.74, 6) is 1.27. The Kier molecular flexibility index (Phi) is 25.5. The highest BCUT2D eigenvalue weighted by Crippen LogP contribution is 2.24. The number of likely N-dealkylation sites (N-methyl/N-ethyl adjacent to an activating group) is 1. The molecule has 1 unspecified atom stereocenters. The van der Waals surface area contributed by atoms with Crippen LogP contribution in [0.1, 0.15) is 98.6 Å². The second kappa shape index (κ2) is 26.4. The first-order valence-corrected chi connectivity index (χ1v) is 15.5. The number of hydrogen-bond acceptors (Lipinski definition) is 4. The van der Waals surface area contributed by atoms with Crippen LogP contribution < -0.4 is 10.6 Å². The lowest BCUT2D eigenvalue weighted by Crippen LogP contribution is -2.21. The quantitative estimate of drug-likeness (QED) is 0.196. The molecule has 2 rings (SSSR count). The molecule has 3 N–H and O–H groups in total. The summed E-state index contributed by atoms with van der Waals surface area (Å²) in [4.78, 5) is 10.6. The van der Waals surface area contributed by atoms with E-state index in [0.29, 0.717) is 6.42 Å². The summed E-state index contributed by atoms with van der Waals surface area (Å²) in [5.41, 5.74) is 6.34. The van der Waals surface area contributed by atoms with Crippen molar-refractivity contribution in [3.8, 4) is 5.75 Å². The Bertz CT molecular complexity index is 1060. The van der Waals surface area contributed by atoms with Gasteiger partial charge in [0.25, 0.3) is 0 Å². The molecule has 4 nitrogen and oxygen atoms in total. The molecule has 0 fully saturated rings. The van der Waals surface area contributed by atoms with E-state index in [1.165, 1.54) is 36.8 Å². The van der Waals surface area contributed by atoms with Crippen LogP contribution in [0.5, 0.6) is 5.75 Å². The second-order valence-electron chi connectivity index (χ2n) is 10.2. The Morgan fingerprint density at radius 1 is 0.976 bits per heavy atom. The van der Waals surface area contributed by atoms with E-state index in [-0.39, 0.29) is 11.5 Å². The van der Waals surface area contributed by atoms with Crippen LogP contribution in [0.15, 0.2) is 96.9 Å². The van der Waals surface area contributed by atoms with E-state index in [1.807, 2.05) is 95.4 Å². The van der Waals surface area contributed by atoms with Crippen LogP contribution in [0.4, 0.5) is 0 Å². The molecular weight excluding hydrogens is 516 g/mol. The number of aryl methyl sites for hydroxylation is 1. The average Bonchev–Trinajstić information content (AvgIpc) is 2.99. The number of ketones is 1. The predicted octanol–water partition coefficient (Wildman–Crippen LogP) is 10.0. The summed E-state index contributed by atoms with van der Waals surface area (Å²) in [6.07, 6.45) is 10.4. The number of carbonyl (C=O) groups is 1. The van der Waals surface area contributed by atoms with Gasteiger partial charge in [-0.05, 0) is 75.8 Å². The molecule has 0 aliphatic carbocycles. The summed E-state index contributed by atoms with van der Waals surface area (Å²) in [5, 5.41) is 16.3. The molecule has 0 amide bonds. The Morgan fingerprint density at radius 2 is 1.57 bits per heavy atom. The number of carbonyl (C=O) groups excluding carboxylic acids is 1. The zero-order chi connectivity index (χ0) is 32.3. The molecule has 0 spiro atoms. The van der Waals surface area contributed by atoms with Crippen molar-refractivity contribution < 1.29 is 9.90 Å². The maximum atomic E-state index is 10.6. The molecule has 1 atom stereocenters. The molecular formula is C38H60N2O2. The first kappa shape index (κ1) is 40.6. The number of para-hydroxylation sites is 1. The Labute approximate surface area is 258 Å². The van der Waals surface area contributed by atoms with E-state index in [2.05, 4.69) is 44.6 Å². The van der Waals surface area contributed by atoms with Crippen LogP contribution in [0.25, 0.3) is 5.57 Å². The van der Waals surface area contributed by atoms with Crippen molar-refractivity contribution in [2.75, 3.05) is 13.6 Å². The van der Waals surface area contributed by atoms with E-state index in [0.717, 1.165) is 41.4 Å². The van der Waals surface area contributed by atoms with E-state index < -0.39 is 0 Å². The number of benzene rings is 2. The largest absolute Gasteiger partial charge is 0.507 e. The van der Waals surface area contributed by atoms with Gasteiger partial charge in [0.15, 0.2) is 0 Å². The van der Waals surface area contributed by atoms with Gasteiger partial charge in [-0.2, -0.15) is 0 Å². The van der Waals surface area contributed by atoms with Gasteiger partial charge < -0.3 is 20.5 Å². The summed E-state index contributed by atoms with van der Waals surface area (Å²) in [6.45, 7) is 25.0. The van der Waals surface area contributed by atoms with Crippen LogP contribution in [-0.2, 0) is 11.2 Å². The van der Waals surface area contributed by atoms with Gasteiger partial charge in [-0.3, -0.25) is 0 Å². The lowest BCUT2D eigenvalue weighted by atomic mass is 9.99. The van der Waals surface area contributed by atoms with Crippen molar-refractivity contribution in [1.29, 1.82) is 0 Å². The highest BCUT2D eigenvalue weighted by molar-refractivity contribution is 5.76. The van der Waals surface area contributed by atoms with Crippen molar-refractivity contribution >= 4 is 11.4 Å². The highest BCUT2D eigenvalue weighted by Gasteiger charge is 2.06. The summed E-state index contributed by atoms with van der Waals surface area (Å²) < 4.78 is 0. The van der Waals surface area contributed by atoms with Crippen LogP contribution in [-0.4, -0.2) is 24.5 Å². The molecule has 0 radical (unpaired) electrons. The predicted molar refractivity (Wildman–Crippen MR) is 187 cm³/mol. The number of hydrogen-bond donors (Lipinski definition) is 3. The molecule has 2 aromatic rings. The van der Waals surface area contributed by atoms with Gasteiger partial charge >= 0.3 is 0 Å². The van der Waals surface area contributed by atoms with E-state index in [9.17, 15) is 9.90 Å². The molecule has 0 heterocycles. The second-order valence-corrected chi connectivity index (χ2v) is 10.2. The zero-order valence-corrected chi connectivity index (χ0v) is 28.1. The molecule has 42 heavy (non-hydrogen) atoms. The van der Waals surface area contributed by atoms with Crippen LogP contribution in [0, 0.1) is 5.92 Å². The Hall–Kier alpha value is -3.53. The van der Waals surface area contributed by atoms with Crippen molar-refractivity contribution in [3.63, 3.8) is 0 Å². The summed E-state index contributed by atoms with van der Waals surface area (Å²) >= 11 is 0. The molecule has 234 valence electrons. The Morgan fingerprint density at radius 3 is 2.02 bits per heavy atom. The molecule has 2 aromatic carbocycles. The number of rotatable bonds is 14. The van der Waals surface area contributed by atoms with Crippen LogP contribution in [0.2, 0.25) is 0 Å². The summed E-state index contributed by atoms with van der Waals surface area (Å²) in [6, 6.07) is 17.4. The van der Waals surface area contributed by atoms with Crippen molar-refractivity contribution in [3.05, 3.63) is 108 Å². The minimum atomic E-state index is 0.258. The number of aromatic hydroxyl groups is 1. The minimum absolute atomic E-state index is 0.258. The number of unbranched alkanes of at least 4 members (excludes halogenated alkanes) is 1. The van der Waals surface area contributed by atoms with E-state index >= 15 is 0 Å². The van der Waals surface area contributed by atoms with Gasteiger partial charge in [-0.25, -0.2) is 0 Å². The van der Waals surface area contributed by atoms with Gasteiger partial charge in [-0.15, -0.1) is 0 Å². The number of phenolic OH excluding ortho intramolecular Hbond substituents is 1. The fourth-order valence-electron chi connectivity index (χ4n) is 3.91. The smallest absolute Gasteiger partial charge is 0.130 e. The lowest BCUT2D eigenvalue weighted by molar-refractivity contribution is -0.116. The fraction of sp³-hybridized carbons (Fsp3) is 0.447. The van der Waals surface area contributed by atoms with Gasteiger partial charge in [0.2, 0.25) is 0 Å². The number of nitrogens with one attached hydrogen (secondary N) is 2. The van der Waals surface area contributed by atoms with Crippen LogP contribution in [0.3, 0.4) is 0 Å². The van der Waals surface area contributed by atoms with Gasteiger partial charge in [-0.1, -0.05) is 114 Å². The van der Waals surface area contributed by atoms with Crippen molar-refractivity contribution in [2.24, 2.45) is 5.92 Å². The molecule has 0 saturated carbocycles. The average molecular weight is 577 g/mol. The molecule has 0 bridgehead atoms. The van der Waals surface area contributed by atoms with E-state index in [1.54, 1.807) is 13.0 Å². The molecule has 0 aliphatic rings. The molecule has 0 aliphatic heterocycles. The van der Waals surface area contributed by atoms with Gasteiger partial charge in [0.1, 0.15) is 11.5 Å². The van der Waals surface area contributed by atoms with Crippen LogP contribution >= 0.6 is 0 Å².